The maximum absolute atomic E-state index is 12.4. The Bertz CT molecular complexity index is 551. The van der Waals surface area contributed by atoms with Crippen molar-refractivity contribution < 1.29 is 8.78 Å². The highest BCUT2D eigenvalue weighted by Crippen LogP contribution is 2.28. The molecule has 0 aliphatic heterocycles. The van der Waals surface area contributed by atoms with Gasteiger partial charge in [-0.15, -0.1) is 0 Å². The van der Waals surface area contributed by atoms with Crippen LogP contribution in [-0.4, -0.2) is 14.8 Å². The average Bonchev–Trinajstić information content (AvgIpc) is 2.77. The van der Waals surface area contributed by atoms with E-state index in [1.54, 1.807) is 12.4 Å². The molecule has 0 atom stereocenters. The lowest BCUT2D eigenvalue weighted by Gasteiger charge is -2.03. The number of hydrogen-bond acceptors (Lipinski definition) is 2. The van der Waals surface area contributed by atoms with Crippen molar-refractivity contribution >= 4 is 17.8 Å². The Hall–Kier alpha value is -1.75. The van der Waals surface area contributed by atoms with E-state index in [9.17, 15) is 8.78 Å². The van der Waals surface area contributed by atoms with E-state index in [2.05, 4.69) is 16.7 Å². The van der Waals surface area contributed by atoms with E-state index < -0.39 is 6.43 Å². The van der Waals surface area contributed by atoms with Gasteiger partial charge in [-0.25, -0.2) is 18.4 Å². The summed E-state index contributed by atoms with van der Waals surface area (Å²) in [6.45, 7) is 3.55. The van der Waals surface area contributed by atoms with Gasteiger partial charge in [-0.2, -0.15) is 5.10 Å². The first-order chi connectivity index (χ1) is 8.11. The highest BCUT2D eigenvalue weighted by Gasteiger charge is 2.13. The Balaban J connectivity index is 2.42. The molecule has 0 saturated carbocycles. The smallest absolute Gasteiger partial charge is 0.248 e. The molecule has 0 N–H and O–H groups in total. The maximum Gasteiger partial charge on any atom is 0.280 e. The molecule has 2 heterocycles. The van der Waals surface area contributed by atoms with Crippen molar-refractivity contribution in [2.45, 2.75) is 6.43 Å². The highest BCUT2D eigenvalue weighted by atomic mass is 35.5. The van der Waals surface area contributed by atoms with Crippen LogP contribution < -0.4 is 0 Å². The molecule has 0 amide bonds. The van der Waals surface area contributed by atoms with Crippen LogP contribution in [0.5, 0.6) is 0 Å². The minimum atomic E-state index is -2.63. The van der Waals surface area contributed by atoms with E-state index in [1.165, 1.54) is 23.0 Å². The van der Waals surface area contributed by atoms with Gasteiger partial charge in [-0.3, -0.25) is 0 Å². The molecule has 0 aliphatic rings. The third-order valence-electron chi connectivity index (χ3n) is 2.19. The van der Waals surface area contributed by atoms with Crippen molar-refractivity contribution in [3.05, 3.63) is 42.0 Å². The first-order valence-electron chi connectivity index (χ1n) is 4.73. The second-order valence-corrected chi connectivity index (χ2v) is 3.62. The monoisotopic (exact) mass is 255 g/mol. The van der Waals surface area contributed by atoms with Crippen LogP contribution >= 0.6 is 11.6 Å². The molecule has 0 fully saturated rings. The topological polar surface area (TPSA) is 30.7 Å². The molecule has 2 aromatic rings. The van der Waals surface area contributed by atoms with Gasteiger partial charge in [0.15, 0.2) is 0 Å². The molecule has 0 saturated heterocycles. The maximum atomic E-state index is 12.4. The fourth-order valence-corrected chi connectivity index (χ4v) is 1.63. The molecule has 0 spiro atoms. The Labute approximate surface area is 101 Å². The number of aromatic nitrogens is 3. The Morgan fingerprint density at radius 3 is 2.71 bits per heavy atom. The van der Waals surface area contributed by atoms with Gasteiger partial charge in [0, 0.05) is 23.5 Å². The van der Waals surface area contributed by atoms with E-state index in [0.717, 1.165) is 0 Å². The molecule has 0 aliphatic carbocycles. The zero-order valence-corrected chi connectivity index (χ0v) is 9.40. The van der Waals surface area contributed by atoms with Crippen molar-refractivity contribution in [2.75, 3.05) is 0 Å². The van der Waals surface area contributed by atoms with Gasteiger partial charge in [0.25, 0.3) is 6.43 Å². The summed E-state index contributed by atoms with van der Waals surface area (Å²) in [5.41, 5.74) is 0.919. The average molecular weight is 256 g/mol. The van der Waals surface area contributed by atoms with Gasteiger partial charge in [0.05, 0.1) is 6.20 Å². The molecular weight excluding hydrogens is 248 g/mol. The second-order valence-electron chi connectivity index (χ2n) is 3.27. The second kappa shape index (κ2) is 4.63. The summed E-state index contributed by atoms with van der Waals surface area (Å²) in [6, 6.07) is 2.75. The highest BCUT2D eigenvalue weighted by molar-refractivity contribution is 6.32. The number of hydrogen-bond donors (Lipinski definition) is 0. The van der Waals surface area contributed by atoms with Gasteiger partial charge >= 0.3 is 0 Å². The number of nitrogens with zero attached hydrogens (tertiary/aromatic N) is 3. The van der Waals surface area contributed by atoms with Gasteiger partial charge < -0.3 is 0 Å². The fraction of sp³-hybridized carbons (Fsp3) is 0.0909. The summed E-state index contributed by atoms with van der Waals surface area (Å²) >= 11 is 5.85. The molecule has 6 heteroatoms. The van der Waals surface area contributed by atoms with E-state index in [4.69, 9.17) is 11.6 Å². The van der Waals surface area contributed by atoms with Crippen molar-refractivity contribution in [3.8, 4) is 11.1 Å². The normalized spacial score (nSPS) is 10.8. The largest absolute Gasteiger partial charge is 0.280 e. The molecule has 3 nitrogen and oxygen atoms in total. The van der Waals surface area contributed by atoms with Crippen molar-refractivity contribution in [3.63, 3.8) is 0 Å². The van der Waals surface area contributed by atoms with Crippen LogP contribution in [0, 0.1) is 0 Å². The summed E-state index contributed by atoms with van der Waals surface area (Å²) in [5.74, 6) is 0. The van der Waals surface area contributed by atoms with Crippen LogP contribution in [0.1, 0.15) is 12.1 Å². The van der Waals surface area contributed by atoms with Crippen molar-refractivity contribution in [1.29, 1.82) is 0 Å². The lowest BCUT2D eigenvalue weighted by molar-refractivity contribution is 0.146. The van der Waals surface area contributed by atoms with E-state index in [0.29, 0.717) is 11.1 Å². The number of rotatable bonds is 3. The van der Waals surface area contributed by atoms with E-state index in [1.807, 2.05) is 0 Å². The van der Waals surface area contributed by atoms with Crippen LogP contribution in [0.25, 0.3) is 17.3 Å². The standard InChI is InChI=1S/C11H8ClF2N3/c1-2-17-6-7(5-15-17)8-3-4-9(11(13)14)16-10(8)12/h2-6,11H,1H2. The zero-order valence-electron chi connectivity index (χ0n) is 8.65. The minimum absolute atomic E-state index is 0.0337. The third kappa shape index (κ3) is 2.34. The molecule has 2 rings (SSSR count). The molecule has 88 valence electrons. The minimum Gasteiger partial charge on any atom is -0.248 e. The molecule has 0 aromatic carbocycles. The van der Waals surface area contributed by atoms with Crippen LogP contribution in [0.3, 0.4) is 0 Å². The predicted molar refractivity (Wildman–Crippen MR) is 61.8 cm³/mol. The van der Waals surface area contributed by atoms with Crippen LogP contribution in [0.4, 0.5) is 8.78 Å². The third-order valence-corrected chi connectivity index (χ3v) is 2.48. The lowest BCUT2D eigenvalue weighted by atomic mass is 10.1. The van der Waals surface area contributed by atoms with E-state index >= 15 is 0 Å². The predicted octanol–water partition coefficient (Wildman–Crippen LogP) is 3.64. The van der Waals surface area contributed by atoms with Crippen molar-refractivity contribution in [2.24, 2.45) is 0 Å². The lowest BCUT2D eigenvalue weighted by Crippen LogP contribution is -1.91. The fourth-order valence-electron chi connectivity index (χ4n) is 1.36. The van der Waals surface area contributed by atoms with E-state index in [-0.39, 0.29) is 10.8 Å². The van der Waals surface area contributed by atoms with Crippen LogP contribution in [0.15, 0.2) is 31.1 Å². The van der Waals surface area contributed by atoms with Gasteiger partial charge in [-0.05, 0) is 12.1 Å². The summed E-state index contributed by atoms with van der Waals surface area (Å²) in [6.07, 6.45) is 2.13. The SMILES string of the molecule is C=Cn1cc(-c2ccc(C(F)F)nc2Cl)cn1. The summed E-state index contributed by atoms with van der Waals surface area (Å²) in [7, 11) is 0. The number of alkyl halides is 2. The summed E-state index contributed by atoms with van der Waals surface area (Å²) in [5, 5.41) is 4.01. The van der Waals surface area contributed by atoms with Crippen molar-refractivity contribution in [1.82, 2.24) is 14.8 Å². The molecular formula is C11H8ClF2N3. The Morgan fingerprint density at radius 2 is 2.18 bits per heavy atom. The summed E-state index contributed by atoms with van der Waals surface area (Å²) in [4.78, 5) is 3.64. The Kier molecular flexibility index (Phi) is 3.19. The molecule has 0 bridgehead atoms. The van der Waals surface area contributed by atoms with Gasteiger partial charge in [0.2, 0.25) is 0 Å². The first-order valence-corrected chi connectivity index (χ1v) is 5.11. The first kappa shape index (κ1) is 11.7. The number of halogens is 3. The zero-order chi connectivity index (χ0) is 12.4. The van der Waals surface area contributed by atoms with Gasteiger partial charge in [0.1, 0.15) is 10.8 Å². The molecule has 17 heavy (non-hydrogen) atoms. The quantitative estimate of drug-likeness (QED) is 0.784. The van der Waals surface area contributed by atoms with Gasteiger partial charge in [-0.1, -0.05) is 18.2 Å². The van der Waals surface area contributed by atoms with Crippen LogP contribution in [0.2, 0.25) is 5.15 Å². The Morgan fingerprint density at radius 1 is 1.41 bits per heavy atom. The molecule has 2 aromatic heterocycles. The molecule has 0 radical (unpaired) electrons. The van der Waals surface area contributed by atoms with Crippen LogP contribution in [-0.2, 0) is 0 Å². The number of pyridine rings is 1. The summed E-state index contributed by atoms with van der Waals surface area (Å²) < 4.78 is 26.3. The molecule has 0 unspecified atom stereocenters.